The molecule has 1 atom stereocenters. The number of rotatable bonds is 7. The molecule has 1 unspecified atom stereocenters. The maximum Gasteiger partial charge on any atom is 0.0951 e. The van der Waals surface area contributed by atoms with Gasteiger partial charge in [-0.25, -0.2) is 0 Å². The van der Waals surface area contributed by atoms with Crippen molar-refractivity contribution in [3.63, 3.8) is 0 Å². The fraction of sp³-hybridized carbons (Fsp3) is 0.733. The Hall–Kier alpha value is -0.840. The van der Waals surface area contributed by atoms with E-state index in [1.165, 1.54) is 5.56 Å². The third kappa shape index (κ3) is 3.38. The van der Waals surface area contributed by atoms with Crippen LogP contribution >= 0.6 is 0 Å². The topological polar surface area (TPSA) is 43.6 Å². The summed E-state index contributed by atoms with van der Waals surface area (Å²) in [4.78, 5) is 0. The molecule has 1 fully saturated rings. The van der Waals surface area contributed by atoms with Crippen molar-refractivity contribution in [3.05, 3.63) is 24.2 Å². The van der Waals surface area contributed by atoms with Crippen LogP contribution in [0.3, 0.4) is 0 Å². The van der Waals surface area contributed by atoms with Crippen molar-refractivity contribution in [1.82, 2.24) is 5.32 Å². The van der Waals surface area contributed by atoms with Gasteiger partial charge in [0, 0.05) is 38.2 Å². The summed E-state index contributed by atoms with van der Waals surface area (Å²) in [6.07, 6.45) is 6.51. The van der Waals surface area contributed by atoms with Gasteiger partial charge in [-0.2, -0.15) is 0 Å². The van der Waals surface area contributed by atoms with Crippen molar-refractivity contribution >= 4 is 0 Å². The Morgan fingerprint density at radius 3 is 2.74 bits per heavy atom. The zero-order chi connectivity index (χ0) is 13.6. The van der Waals surface area contributed by atoms with Gasteiger partial charge in [0.05, 0.1) is 24.2 Å². The van der Waals surface area contributed by atoms with Crippen LogP contribution < -0.4 is 5.32 Å². The molecule has 0 aromatic carbocycles. The Bertz CT molecular complexity index is 339. The second-order valence-corrected chi connectivity index (χ2v) is 5.05. The van der Waals surface area contributed by atoms with Crippen molar-refractivity contribution in [1.29, 1.82) is 0 Å². The first kappa shape index (κ1) is 14.6. The fourth-order valence-electron chi connectivity index (χ4n) is 2.86. The first-order valence-corrected chi connectivity index (χ1v) is 7.29. The van der Waals surface area contributed by atoms with E-state index >= 15 is 0 Å². The summed E-state index contributed by atoms with van der Waals surface area (Å²) in [5.74, 6) is 0. The second-order valence-electron chi connectivity index (χ2n) is 5.05. The van der Waals surface area contributed by atoms with Crippen molar-refractivity contribution in [2.24, 2.45) is 0 Å². The van der Waals surface area contributed by atoms with Crippen molar-refractivity contribution in [3.8, 4) is 0 Å². The third-order valence-corrected chi connectivity index (χ3v) is 3.77. The Labute approximate surface area is 115 Å². The quantitative estimate of drug-likeness (QED) is 0.825. The van der Waals surface area contributed by atoms with Gasteiger partial charge >= 0.3 is 0 Å². The van der Waals surface area contributed by atoms with E-state index in [1.54, 1.807) is 6.26 Å². The predicted octanol–water partition coefficient (Wildman–Crippen LogP) is 2.91. The molecule has 1 aliphatic heterocycles. The normalized spacial score (nSPS) is 20.3. The van der Waals surface area contributed by atoms with Gasteiger partial charge in [0.15, 0.2) is 0 Å². The van der Waals surface area contributed by atoms with E-state index in [1.807, 2.05) is 12.3 Å². The maximum atomic E-state index is 6.17. The van der Waals surface area contributed by atoms with Crippen LogP contribution in [0.5, 0.6) is 0 Å². The number of nitrogens with one attached hydrogen (secondary N) is 1. The maximum absolute atomic E-state index is 6.17. The van der Waals surface area contributed by atoms with E-state index in [9.17, 15) is 0 Å². The molecule has 19 heavy (non-hydrogen) atoms. The molecule has 1 N–H and O–H groups in total. The number of furan rings is 1. The van der Waals surface area contributed by atoms with Crippen LogP contribution in [0.2, 0.25) is 0 Å². The summed E-state index contributed by atoms with van der Waals surface area (Å²) in [5.41, 5.74) is 0.996. The molecule has 1 aromatic heterocycles. The molecule has 1 saturated heterocycles. The Morgan fingerprint density at radius 2 is 2.16 bits per heavy atom. The molecule has 108 valence electrons. The van der Waals surface area contributed by atoms with E-state index in [2.05, 4.69) is 19.2 Å². The SMILES string of the molecule is CCCNC(c1ccoc1)C1(OCC)CCOCC1. The zero-order valence-electron chi connectivity index (χ0n) is 12.0. The lowest BCUT2D eigenvalue weighted by atomic mass is 9.82. The van der Waals surface area contributed by atoms with Crippen LogP contribution in [-0.4, -0.2) is 32.0 Å². The van der Waals surface area contributed by atoms with Crippen LogP contribution in [0.1, 0.15) is 44.7 Å². The minimum absolute atomic E-state index is 0.175. The van der Waals surface area contributed by atoms with Gasteiger partial charge in [-0.05, 0) is 26.0 Å². The number of hydrogen-bond donors (Lipinski definition) is 1. The molecule has 2 heterocycles. The molecule has 1 aliphatic rings. The largest absolute Gasteiger partial charge is 0.472 e. The van der Waals surface area contributed by atoms with E-state index in [0.29, 0.717) is 0 Å². The van der Waals surface area contributed by atoms with E-state index in [-0.39, 0.29) is 11.6 Å². The molecule has 4 nitrogen and oxygen atoms in total. The summed E-state index contributed by atoms with van der Waals surface area (Å²) in [6.45, 7) is 7.47. The molecule has 0 bridgehead atoms. The van der Waals surface area contributed by atoms with Crippen molar-refractivity contribution in [2.75, 3.05) is 26.4 Å². The molecule has 0 aliphatic carbocycles. The van der Waals surface area contributed by atoms with E-state index < -0.39 is 0 Å². The van der Waals surface area contributed by atoms with Crippen LogP contribution in [0, 0.1) is 0 Å². The third-order valence-electron chi connectivity index (χ3n) is 3.77. The van der Waals surface area contributed by atoms with Crippen LogP contribution in [-0.2, 0) is 9.47 Å². The van der Waals surface area contributed by atoms with E-state index in [4.69, 9.17) is 13.9 Å². The first-order chi connectivity index (χ1) is 9.32. The molecule has 0 saturated carbocycles. The van der Waals surface area contributed by atoms with Crippen molar-refractivity contribution < 1.29 is 13.9 Å². The lowest BCUT2D eigenvalue weighted by molar-refractivity contribution is -0.128. The molecule has 1 aromatic rings. The van der Waals surface area contributed by atoms with Gasteiger partial charge in [-0.1, -0.05) is 6.92 Å². The predicted molar refractivity (Wildman–Crippen MR) is 74.2 cm³/mol. The summed E-state index contributed by atoms with van der Waals surface area (Å²) in [7, 11) is 0. The highest BCUT2D eigenvalue weighted by atomic mass is 16.5. The Kier molecular flexibility index (Phi) is 5.43. The molecule has 2 rings (SSSR count). The summed E-state index contributed by atoms with van der Waals surface area (Å²) >= 11 is 0. The fourth-order valence-corrected chi connectivity index (χ4v) is 2.86. The average molecular weight is 267 g/mol. The molecular formula is C15H25NO3. The molecule has 0 amide bonds. The molecule has 0 spiro atoms. The summed E-state index contributed by atoms with van der Waals surface area (Å²) in [5, 5.41) is 3.63. The van der Waals surface area contributed by atoms with Gasteiger partial charge in [0.25, 0.3) is 0 Å². The van der Waals surface area contributed by atoms with Gasteiger partial charge in [-0.15, -0.1) is 0 Å². The van der Waals surface area contributed by atoms with Gasteiger partial charge in [-0.3, -0.25) is 0 Å². The average Bonchev–Trinajstić information content (AvgIpc) is 2.94. The van der Waals surface area contributed by atoms with Gasteiger partial charge in [0.2, 0.25) is 0 Å². The smallest absolute Gasteiger partial charge is 0.0951 e. The number of hydrogen-bond acceptors (Lipinski definition) is 4. The minimum atomic E-state index is -0.175. The minimum Gasteiger partial charge on any atom is -0.472 e. The van der Waals surface area contributed by atoms with Crippen LogP contribution in [0.4, 0.5) is 0 Å². The monoisotopic (exact) mass is 267 g/mol. The van der Waals surface area contributed by atoms with Gasteiger partial charge < -0.3 is 19.2 Å². The Balaban J connectivity index is 2.21. The Morgan fingerprint density at radius 1 is 1.37 bits per heavy atom. The van der Waals surface area contributed by atoms with Crippen LogP contribution in [0.25, 0.3) is 0 Å². The first-order valence-electron chi connectivity index (χ1n) is 7.29. The second kappa shape index (κ2) is 7.08. The molecule has 0 radical (unpaired) electrons. The zero-order valence-corrected chi connectivity index (χ0v) is 12.0. The molecular weight excluding hydrogens is 242 g/mol. The van der Waals surface area contributed by atoms with Gasteiger partial charge in [0.1, 0.15) is 0 Å². The highest BCUT2D eigenvalue weighted by Gasteiger charge is 2.42. The lowest BCUT2D eigenvalue weighted by Crippen LogP contribution is -2.50. The van der Waals surface area contributed by atoms with E-state index in [0.717, 1.165) is 45.6 Å². The summed E-state index contributed by atoms with van der Waals surface area (Å²) < 4.78 is 16.9. The summed E-state index contributed by atoms with van der Waals surface area (Å²) in [6, 6.07) is 2.21. The highest BCUT2D eigenvalue weighted by Crippen LogP contribution is 2.38. The standard InChI is InChI=1S/C15H25NO3/c1-3-8-16-14(13-5-9-18-12-13)15(19-4-2)6-10-17-11-7-15/h5,9,12,14,16H,3-4,6-8,10-11H2,1-2H3. The number of ether oxygens (including phenoxy) is 2. The van der Waals surface area contributed by atoms with Crippen LogP contribution in [0.15, 0.2) is 23.0 Å². The lowest BCUT2D eigenvalue weighted by Gasteiger charge is -2.43. The molecule has 4 heteroatoms. The highest BCUT2D eigenvalue weighted by molar-refractivity contribution is 5.17. The van der Waals surface area contributed by atoms with Crippen molar-refractivity contribution in [2.45, 2.75) is 44.8 Å².